The van der Waals surface area contributed by atoms with Crippen LogP contribution >= 0.6 is 11.3 Å². The number of aryl methyl sites for hydroxylation is 2. The molecule has 0 fully saturated rings. The fourth-order valence-electron chi connectivity index (χ4n) is 1.94. The fourth-order valence-corrected chi connectivity index (χ4v) is 2.58. The molecule has 19 heavy (non-hydrogen) atoms. The lowest BCUT2D eigenvalue weighted by Crippen LogP contribution is -2.06. The Hall–Kier alpha value is -1.95. The number of rotatable bonds is 4. The number of nitrogens with zero attached hydrogens (tertiary/aromatic N) is 4. The van der Waals surface area contributed by atoms with E-state index < -0.39 is 0 Å². The van der Waals surface area contributed by atoms with Crippen LogP contribution in [-0.2, 0) is 6.42 Å². The number of nitrogens with one attached hydrogen (secondary N) is 1. The van der Waals surface area contributed by atoms with E-state index >= 15 is 0 Å². The maximum absolute atomic E-state index is 4.43. The van der Waals surface area contributed by atoms with E-state index in [4.69, 9.17) is 0 Å². The summed E-state index contributed by atoms with van der Waals surface area (Å²) in [5.41, 5.74) is 3.06. The first-order chi connectivity index (χ1) is 9.22. The van der Waals surface area contributed by atoms with Gasteiger partial charge in [-0.05, 0) is 26.0 Å². The normalized spacial score (nSPS) is 11.1. The van der Waals surface area contributed by atoms with Crippen LogP contribution in [0.4, 0.5) is 5.95 Å². The van der Waals surface area contributed by atoms with Crippen LogP contribution in [0.25, 0.3) is 5.65 Å². The van der Waals surface area contributed by atoms with Crippen molar-refractivity contribution in [1.82, 2.24) is 19.6 Å². The van der Waals surface area contributed by atoms with E-state index in [9.17, 15) is 0 Å². The molecule has 0 saturated carbocycles. The summed E-state index contributed by atoms with van der Waals surface area (Å²) in [4.78, 5) is 8.86. The van der Waals surface area contributed by atoms with Crippen molar-refractivity contribution in [2.45, 2.75) is 20.3 Å². The van der Waals surface area contributed by atoms with Gasteiger partial charge in [0.1, 0.15) is 0 Å². The third kappa shape index (κ3) is 2.58. The molecule has 3 rings (SSSR count). The topological polar surface area (TPSA) is 55.1 Å². The molecule has 0 saturated heterocycles. The standard InChI is InChI=1S/C13H15N5S/c1-9-4-3-5-12-16-13(17-18(9)12)14-7-6-11-8-19-10(2)15-11/h3-5,8H,6-7H2,1-2H3,(H,14,17). The monoisotopic (exact) mass is 273 g/mol. The lowest BCUT2D eigenvalue weighted by molar-refractivity contribution is 0.898. The average Bonchev–Trinajstić information content (AvgIpc) is 2.97. The average molecular weight is 273 g/mol. The molecule has 0 bridgehead atoms. The zero-order chi connectivity index (χ0) is 13.2. The van der Waals surface area contributed by atoms with Crippen molar-refractivity contribution in [3.63, 3.8) is 0 Å². The van der Waals surface area contributed by atoms with Gasteiger partial charge >= 0.3 is 0 Å². The first kappa shape index (κ1) is 12.1. The first-order valence-corrected chi connectivity index (χ1v) is 7.07. The van der Waals surface area contributed by atoms with Gasteiger partial charge in [-0.15, -0.1) is 16.4 Å². The van der Waals surface area contributed by atoms with Gasteiger partial charge in [-0.3, -0.25) is 0 Å². The number of fused-ring (bicyclic) bond motifs is 1. The van der Waals surface area contributed by atoms with Crippen LogP contribution in [0.5, 0.6) is 0 Å². The second kappa shape index (κ2) is 4.97. The molecule has 0 aliphatic carbocycles. The van der Waals surface area contributed by atoms with Crippen LogP contribution in [0.3, 0.4) is 0 Å². The van der Waals surface area contributed by atoms with E-state index in [1.54, 1.807) is 11.3 Å². The second-order valence-corrected chi connectivity index (χ2v) is 5.47. The summed E-state index contributed by atoms with van der Waals surface area (Å²) in [6, 6.07) is 5.96. The van der Waals surface area contributed by atoms with Gasteiger partial charge in [-0.1, -0.05) is 6.07 Å². The minimum absolute atomic E-state index is 0.668. The van der Waals surface area contributed by atoms with Crippen LogP contribution in [0.15, 0.2) is 23.6 Å². The van der Waals surface area contributed by atoms with Gasteiger partial charge in [0.25, 0.3) is 0 Å². The summed E-state index contributed by atoms with van der Waals surface area (Å²) in [6.45, 7) is 4.83. The highest BCUT2D eigenvalue weighted by atomic mass is 32.1. The van der Waals surface area contributed by atoms with Crippen molar-refractivity contribution >= 4 is 22.9 Å². The number of hydrogen-bond donors (Lipinski definition) is 1. The minimum Gasteiger partial charge on any atom is -0.353 e. The van der Waals surface area contributed by atoms with Gasteiger partial charge in [0.05, 0.1) is 10.7 Å². The van der Waals surface area contributed by atoms with Gasteiger partial charge in [0, 0.05) is 24.0 Å². The van der Waals surface area contributed by atoms with Gasteiger partial charge in [-0.2, -0.15) is 4.98 Å². The van der Waals surface area contributed by atoms with Crippen molar-refractivity contribution in [2.75, 3.05) is 11.9 Å². The molecule has 0 radical (unpaired) electrons. The lowest BCUT2D eigenvalue weighted by Gasteiger charge is -1.98. The van der Waals surface area contributed by atoms with Crippen molar-refractivity contribution < 1.29 is 0 Å². The summed E-state index contributed by atoms with van der Waals surface area (Å²) in [5.74, 6) is 0.668. The molecule has 0 aliphatic heterocycles. The molecule has 3 aromatic rings. The van der Waals surface area contributed by atoms with Crippen LogP contribution in [0.2, 0.25) is 0 Å². The number of thiazole rings is 1. The molecular formula is C13H15N5S. The van der Waals surface area contributed by atoms with Gasteiger partial charge < -0.3 is 5.32 Å². The molecule has 3 heterocycles. The molecule has 0 aliphatic rings. The number of pyridine rings is 1. The predicted octanol–water partition coefficient (Wildman–Crippen LogP) is 2.46. The molecule has 0 spiro atoms. The molecule has 6 heteroatoms. The zero-order valence-corrected chi connectivity index (χ0v) is 11.7. The van der Waals surface area contributed by atoms with E-state index in [-0.39, 0.29) is 0 Å². The van der Waals surface area contributed by atoms with E-state index in [0.717, 1.165) is 35.0 Å². The van der Waals surface area contributed by atoms with Crippen LogP contribution in [0, 0.1) is 13.8 Å². The van der Waals surface area contributed by atoms with Crippen LogP contribution in [-0.4, -0.2) is 26.1 Å². The van der Waals surface area contributed by atoms with Crippen LogP contribution < -0.4 is 5.32 Å². The Morgan fingerprint density at radius 1 is 1.26 bits per heavy atom. The molecule has 0 amide bonds. The van der Waals surface area contributed by atoms with Crippen molar-refractivity contribution in [1.29, 1.82) is 0 Å². The third-order valence-electron chi connectivity index (χ3n) is 2.88. The molecule has 98 valence electrons. The Labute approximate surface area is 115 Å². The highest BCUT2D eigenvalue weighted by molar-refractivity contribution is 7.09. The smallest absolute Gasteiger partial charge is 0.243 e. The number of aromatic nitrogens is 4. The Morgan fingerprint density at radius 3 is 2.89 bits per heavy atom. The maximum atomic E-state index is 4.43. The molecule has 0 aromatic carbocycles. The largest absolute Gasteiger partial charge is 0.353 e. The van der Waals surface area contributed by atoms with Crippen molar-refractivity contribution in [2.24, 2.45) is 0 Å². The fraction of sp³-hybridized carbons (Fsp3) is 0.308. The quantitative estimate of drug-likeness (QED) is 0.793. The molecule has 1 N–H and O–H groups in total. The van der Waals surface area contributed by atoms with Crippen molar-refractivity contribution in [3.05, 3.63) is 40.0 Å². The minimum atomic E-state index is 0.668. The Morgan fingerprint density at radius 2 is 2.16 bits per heavy atom. The van der Waals surface area contributed by atoms with E-state index in [1.165, 1.54) is 0 Å². The summed E-state index contributed by atoms with van der Waals surface area (Å²) in [7, 11) is 0. The molecule has 0 unspecified atom stereocenters. The molecule has 5 nitrogen and oxygen atoms in total. The van der Waals surface area contributed by atoms with Gasteiger partial charge in [0.2, 0.25) is 5.95 Å². The number of anilines is 1. The highest BCUT2D eigenvalue weighted by Gasteiger charge is 2.04. The van der Waals surface area contributed by atoms with Crippen molar-refractivity contribution in [3.8, 4) is 0 Å². The Kier molecular flexibility index (Phi) is 3.16. The van der Waals surface area contributed by atoms with Crippen LogP contribution in [0.1, 0.15) is 16.4 Å². The Bertz CT molecular complexity index is 700. The summed E-state index contributed by atoms with van der Waals surface area (Å²) in [5, 5.41) is 10.9. The molecular weight excluding hydrogens is 258 g/mol. The van der Waals surface area contributed by atoms with Gasteiger partial charge in [-0.25, -0.2) is 9.50 Å². The van der Waals surface area contributed by atoms with E-state index in [0.29, 0.717) is 5.95 Å². The van der Waals surface area contributed by atoms with E-state index in [1.807, 2.05) is 36.6 Å². The Balaban J connectivity index is 1.67. The molecule has 0 atom stereocenters. The predicted molar refractivity (Wildman–Crippen MR) is 76.8 cm³/mol. The summed E-state index contributed by atoms with van der Waals surface area (Å²) in [6.07, 6.45) is 0.888. The summed E-state index contributed by atoms with van der Waals surface area (Å²) >= 11 is 1.68. The SMILES string of the molecule is Cc1nc(CCNc2nc3cccc(C)n3n2)cs1. The first-order valence-electron chi connectivity index (χ1n) is 6.19. The molecule has 3 aromatic heterocycles. The second-order valence-electron chi connectivity index (χ2n) is 4.41. The summed E-state index contributed by atoms with van der Waals surface area (Å²) < 4.78 is 1.84. The zero-order valence-electron chi connectivity index (χ0n) is 10.9. The number of hydrogen-bond acceptors (Lipinski definition) is 5. The lowest BCUT2D eigenvalue weighted by atomic mass is 10.3. The van der Waals surface area contributed by atoms with Gasteiger partial charge in [0.15, 0.2) is 5.65 Å². The third-order valence-corrected chi connectivity index (χ3v) is 3.70. The van der Waals surface area contributed by atoms with E-state index in [2.05, 4.69) is 25.8 Å². The maximum Gasteiger partial charge on any atom is 0.243 e. The highest BCUT2D eigenvalue weighted by Crippen LogP contribution is 2.10.